The molecule has 37 heavy (non-hydrogen) atoms. The molecule has 1 atom stereocenters. The molecule has 0 aliphatic carbocycles. The maximum absolute atomic E-state index is 13.5. The van der Waals surface area contributed by atoms with Gasteiger partial charge in [-0.15, -0.1) is 11.3 Å². The zero-order chi connectivity index (χ0) is 26.6. The fraction of sp³-hybridized carbons (Fsp3) is 0.269. The van der Waals surface area contributed by atoms with Gasteiger partial charge in [-0.25, -0.2) is 5.01 Å². The van der Waals surface area contributed by atoms with Gasteiger partial charge in [-0.2, -0.15) is 18.3 Å². The molecule has 1 aliphatic rings. The van der Waals surface area contributed by atoms with Crippen LogP contribution in [-0.2, 0) is 15.7 Å². The summed E-state index contributed by atoms with van der Waals surface area (Å²) in [6, 6.07) is 14.4. The van der Waals surface area contributed by atoms with Crippen molar-refractivity contribution in [1.29, 1.82) is 0 Å². The number of rotatable bonds is 8. The molecule has 4 rings (SSSR count). The van der Waals surface area contributed by atoms with Gasteiger partial charge >= 0.3 is 6.18 Å². The quantitative estimate of drug-likeness (QED) is 0.352. The highest BCUT2D eigenvalue weighted by atomic mass is 35.5. The van der Waals surface area contributed by atoms with E-state index in [1.165, 1.54) is 28.4 Å². The van der Waals surface area contributed by atoms with Gasteiger partial charge in [0.05, 0.1) is 28.8 Å². The second-order valence-electron chi connectivity index (χ2n) is 8.30. The number of amides is 2. The Hall–Kier alpha value is -3.21. The second kappa shape index (κ2) is 11.5. The van der Waals surface area contributed by atoms with Gasteiger partial charge in [0.25, 0.3) is 11.8 Å². The molecule has 11 heteroatoms. The minimum Gasteiger partial charge on any atom is -0.383 e. The van der Waals surface area contributed by atoms with E-state index in [0.29, 0.717) is 11.4 Å². The van der Waals surface area contributed by atoms with Crippen molar-refractivity contribution in [2.24, 2.45) is 5.10 Å². The minimum absolute atomic E-state index is 0.0313. The van der Waals surface area contributed by atoms with Crippen LogP contribution in [0.4, 0.5) is 13.2 Å². The number of thiophene rings is 1. The van der Waals surface area contributed by atoms with Crippen LogP contribution < -0.4 is 0 Å². The van der Waals surface area contributed by atoms with Crippen molar-refractivity contribution in [1.82, 2.24) is 9.91 Å². The lowest BCUT2D eigenvalue weighted by atomic mass is 10.0. The highest BCUT2D eigenvalue weighted by molar-refractivity contribution is 7.12. The van der Waals surface area contributed by atoms with Gasteiger partial charge in [0, 0.05) is 30.7 Å². The van der Waals surface area contributed by atoms with Crippen LogP contribution in [0.2, 0.25) is 5.02 Å². The van der Waals surface area contributed by atoms with Gasteiger partial charge in [-0.05, 0) is 47.3 Å². The predicted molar refractivity (Wildman–Crippen MR) is 136 cm³/mol. The molecule has 1 aliphatic heterocycles. The Balaban J connectivity index is 1.60. The SMILES string of the molecule is COCCN(CC(=O)N1N=C(c2cccs2)C[C@H]1c1ccccc1Cl)C(=O)c1ccc(C(F)(F)F)cc1. The standard InChI is InChI=1S/C26H23ClF3N3O3S/c1-36-13-12-32(25(35)17-8-10-18(11-9-17)26(28,29)30)16-24(34)33-22(19-5-2-3-6-20(19)27)15-21(31-33)23-7-4-14-37-23/h2-11,14,22H,12-13,15-16H2,1H3/t22-/m0/s1. The first-order chi connectivity index (χ1) is 17.7. The third-order valence-corrected chi connectivity index (χ3v) is 7.14. The van der Waals surface area contributed by atoms with Crippen LogP contribution in [0.1, 0.15) is 38.8 Å². The molecule has 6 nitrogen and oxygen atoms in total. The zero-order valence-electron chi connectivity index (χ0n) is 19.7. The number of hydrazone groups is 1. The first kappa shape index (κ1) is 26.8. The van der Waals surface area contributed by atoms with Crippen LogP contribution in [-0.4, -0.2) is 54.2 Å². The van der Waals surface area contributed by atoms with E-state index in [-0.39, 0.29) is 25.3 Å². The summed E-state index contributed by atoms with van der Waals surface area (Å²) in [4.78, 5) is 28.9. The number of methoxy groups -OCH3 is 1. The maximum atomic E-state index is 13.5. The summed E-state index contributed by atoms with van der Waals surface area (Å²) >= 11 is 7.95. The molecule has 2 aromatic carbocycles. The Labute approximate surface area is 220 Å². The fourth-order valence-electron chi connectivity index (χ4n) is 3.99. The number of hydrogen-bond acceptors (Lipinski definition) is 5. The van der Waals surface area contributed by atoms with Crippen molar-refractivity contribution in [3.05, 3.63) is 92.6 Å². The lowest BCUT2D eigenvalue weighted by molar-refractivity contribution is -0.137. The van der Waals surface area contributed by atoms with Crippen molar-refractivity contribution in [2.75, 3.05) is 26.8 Å². The van der Waals surface area contributed by atoms with Gasteiger partial charge in [-0.3, -0.25) is 9.59 Å². The fourth-order valence-corrected chi connectivity index (χ4v) is 4.98. The predicted octanol–water partition coefficient (Wildman–Crippen LogP) is 5.89. The molecule has 0 spiro atoms. The molecule has 0 unspecified atom stereocenters. The number of ether oxygens (including phenoxy) is 1. The minimum atomic E-state index is -4.52. The second-order valence-corrected chi connectivity index (χ2v) is 9.65. The Morgan fingerprint density at radius 3 is 2.49 bits per heavy atom. The number of carbonyl (C=O) groups excluding carboxylic acids is 2. The summed E-state index contributed by atoms with van der Waals surface area (Å²) in [7, 11) is 1.45. The first-order valence-corrected chi connectivity index (χ1v) is 12.6. The summed E-state index contributed by atoms with van der Waals surface area (Å²) in [5.41, 5.74) is 0.624. The van der Waals surface area contributed by atoms with Crippen molar-refractivity contribution in [3.8, 4) is 0 Å². The lowest BCUT2D eigenvalue weighted by Crippen LogP contribution is -2.42. The summed E-state index contributed by atoms with van der Waals surface area (Å²) in [5.74, 6) is -1.04. The van der Waals surface area contributed by atoms with E-state index in [2.05, 4.69) is 5.10 Å². The van der Waals surface area contributed by atoms with Crippen LogP contribution in [0.5, 0.6) is 0 Å². The van der Waals surface area contributed by atoms with Gasteiger partial charge < -0.3 is 9.64 Å². The number of nitrogens with zero attached hydrogens (tertiary/aromatic N) is 3. The van der Waals surface area contributed by atoms with E-state index in [9.17, 15) is 22.8 Å². The molecule has 0 saturated carbocycles. The molecule has 2 heterocycles. The third kappa shape index (κ3) is 6.20. The summed E-state index contributed by atoms with van der Waals surface area (Å²) in [5, 5.41) is 8.34. The van der Waals surface area contributed by atoms with E-state index in [4.69, 9.17) is 16.3 Å². The Morgan fingerprint density at radius 2 is 1.86 bits per heavy atom. The van der Waals surface area contributed by atoms with Gasteiger partial charge in [0.1, 0.15) is 6.54 Å². The van der Waals surface area contributed by atoms with Crippen molar-refractivity contribution in [2.45, 2.75) is 18.6 Å². The van der Waals surface area contributed by atoms with Gasteiger partial charge in [0.2, 0.25) is 0 Å². The third-order valence-electron chi connectivity index (χ3n) is 5.87. The monoisotopic (exact) mass is 549 g/mol. The largest absolute Gasteiger partial charge is 0.416 e. The molecular formula is C26H23ClF3N3O3S. The average molecular weight is 550 g/mol. The van der Waals surface area contributed by atoms with Crippen LogP contribution in [0, 0.1) is 0 Å². The molecule has 2 amide bonds. The van der Waals surface area contributed by atoms with Crippen molar-refractivity contribution >= 4 is 40.5 Å². The highest BCUT2D eigenvalue weighted by Gasteiger charge is 2.36. The van der Waals surface area contributed by atoms with E-state index < -0.39 is 29.6 Å². The van der Waals surface area contributed by atoms with Crippen LogP contribution in [0.3, 0.4) is 0 Å². The van der Waals surface area contributed by atoms with E-state index >= 15 is 0 Å². The number of halogens is 4. The molecule has 0 radical (unpaired) electrons. The topological polar surface area (TPSA) is 62.2 Å². The first-order valence-electron chi connectivity index (χ1n) is 11.3. The van der Waals surface area contributed by atoms with Crippen LogP contribution in [0.15, 0.2) is 71.1 Å². The van der Waals surface area contributed by atoms with Crippen LogP contribution >= 0.6 is 22.9 Å². The van der Waals surface area contributed by atoms with Gasteiger partial charge in [-0.1, -0.05) is 35.9 Å². The molecule has 0 saturated heterocycles. The number of alkyl halides is 3. The number of carbonyl (C=O) groups is 2. The molecule has 0 fully saturated rings. The summed E-state index contributed by atoms with van der Waals surface area (Å²) in [6.45, 7) is -0.142. The Bertz CT molecular complexity index is 1280. The van der Waals surface area contributed by atoms with Crippen molar-refractivity contribution in [3.63, 3.8) is 0 Å². The Morgan fingerprint density at radius 1 is 1.14 bits per heavy atom. The van der Waals surface area contributed by atoms with Crippen molar-refractivity contribution < 1.29 is 27.5 Å². The summed E-state index contributed by atoms with van der Waals surface area (Å²) in [6.07, 6.45) is -4.07. The lowest BCUT2D eigenvalue weighted by Gasteiger charge is -2.27. The number of hydrogen-bond donors (Lipinski definition) is 0. The molecular weight excluding hydrogens is 527 g/mol. The molecule has 1 aromatic heterocycles. The zero-order valence-corrected chi connectivity index (χ0v) is 21.3. The normalized spacial score (nSPS) is 15.5. The average Bonchev–Trinajstić information content (AvgIpc) is 3.56. The smallest absolute Gasteiger partial charge is 0.383 e. The van der Waals surface area contributed by atoms with E-state index in [1.807, 2.05) is 29.6 Å². The number of benzene rings is 2. The Kier molecular flexibility index (Phi) is 8.31. The molecule has 194 valence electrons. The molecule has 0 N–H and O–H groups in total. The van der Waals surface area contributed by atoms with Crippen LogP contribution in [0.25, 0.3) is 0 Å². The summed E-state index contributed by atoms with van der Waals surface area (Å²) < 4.78 is 43.9. The molecule has 0 bridgehead atoms. The van der Waals surface area contributed by atoms with E-state index in [0.717, 1.165) is 40.4 Å². The molecule has 3 aromatic rings. The maximum Gasteiger partial charge on any atom is 0.416 e. The highest BCUT2D eigenvalue weighted by Crippen LogP contribution is 2.37. The van der Waals surface area contributed by atoms with E-state index in [1.54, 1.807) is 12.1 Å². The van der Waals surface area contributed by atoms with Gasteiger partial charge in [0.15, 0.2) is 0 Å².